The standard InChI is InChI=1S/C9H8BrNO4/c10-8-5(2-1-3-6(8)11)9(14)15-4-7(12)13/h1-3H,4,11H2,(H,12,13). The topological polar surface area (TPSA) is 89.6 Å². The number of hydrogen-bond acceptors (Lipinski definition) is 4. The van der Waals surface area contributed by atoms with E-state index in [9.17, 15) is 9.59 Å². The maximum atomic E-state index is 11.4. The van der Waals surface area contributed by atoms with Gasteiger partial charge in [-0.2, -0.15) is 0 Å². The van der Waals surface area contributed by atoms with Gasteiger partial charge in [-0.05, 0) is 28.1 Å². The Labute approximate surface area is 94.0 Å². The van der Waals surface area contributed by atoms with Crippen LogP contribution in [-0.4, -0.2) is 23.7 Å². The first-order chi connectivity index (χ1) is 7.02. The van der Waals surface area contributed by atoms with Crippen molar-refractivity contribution in [3.63, 3.8) is 0 Å². The molecule has 0 aliphatic rings. The van der Waals surface area contributed by atoms with Crippen LogP contribution >= 0.6 is 15.9 Å². The number of esters is 1. The van der Waals surface area contributed by atoms with Crippen LogP contribution in [0.25, 0.3) is 0 Å². The van der Waals surface area contributed by atoms with Gasteiger partial charge in [-0.25, -0.2) is 9.59 Å². The molecule has 0 heterocycles. The molecule has 0 amide bonds. The number of rotatable bonds is 3. The van der Waals surface area contributed by atoms with E-state index in [1.54, 1.807) is 12.1 Å². The number of nitrogens with two attached hydrogens (primary N) is 1. The van der Waals surface area contributed by atoms with Crippen molar-refractivity contribution in [2.75, 3.05) is 12.3 Å². The van der Waals surface area contributed by atoms with Gasteiger partial charge in [0.2, 0.25) is 0 Å². The number of ether oxygens (including phenoxy) is 1. The Balaban J connectivity index is 2.82. The van der Waals surface area contributed by atoms with Crippen molar-refractivity contribution in [3.05, 3.63) is 28.2 Å². The highest BCUT2D eigenvalue weighted by Crippen LogP contribution is 2.24. The molecular weight excluding hydrogens is 266 g/mol. The molecule has 0 aliphatic heterocycles. The zero-order valence-electron chi connectivity index (χ0n) is 7.57. The first-order valence-corrected chi connectivity index (χ1v) is 4.74. The lowest BCUT2D eigenvalue weighted by molar-refractivity contribution is -0.140. The van der Waals surface area contributed by atoms with Crippen LogP contribution in [0.2, 0.25) is 0 Å². The quantitative estimate of drug-likeness (QED) is 0.640. The van der Waals surface area contributed by atoms with Gasteiger partial charge in [0.05, 0.1) is 10.0 Å². The highest BCUT2D eigenvalue weighted by molar-refractivity contribution is 9.10. The summed E-state index contributed by atoms with van der Waals surface area (Å²) in [6.45, 7) is -0.667. The number of carboxylic acid groups (broad SMARTS) is 1. The third-order valence-electron chi connectivity index (χ3n) is 1.58. The molecule has 1 aromatic carbocycles. The summed E-state index contributed by atoms with van der Waals surface area (Å²) in [5, 5.41) is 8.32. The van der Waals surface area contributed by atoms with E-state index in [1.807, 2.05) is 0 Å². The highest BCUT2D eigenvalue weighted by atomic mass is 79.9. The number of aliphatic carboxylic acids is 1. The highest BCUT2D eigenvalue weighted by Gasteiger charge is 2.14. The molecule has 1 rings (SSSR count). The molecule has 0 saturated heterocycles. The van der Waals surface area contributed by atoms with Gasteiger partial charge in [0.1, 0.15) is 0 Å². The average Bonchev–Trinajstić information content (AvgIpc) is 2.18. The minimum atomic E-state index is -1.21. The van der Waals surface area contributed by atoms with Crippen LogP contribution in [0.4, 0.5) is 5.69 Å². The van der Waals surface area contributed by atoms with Crippen molar-refractivity contribution < 1.29 is 19.4 Å². The van der Waals surface area contributed by atoms with Gasteiger partial charge in [0.25, 0.3) is 0 Å². The van der Waals surface area contributed by atoms with E-state index in [4.69, 9.17) is 10.8 Å². The van der Waals surface area contributed by atoms with Crippen molar-refractivity contribution >= 4 is 33.6 Å². The van der Waals surface area contributed by atoms with Crippen molar-refractivity contribution in [2.24, 2.45) is 0 Å². The van der Waals surface area contributed by atoms with Crippen LogP contribution in [0.3, 0.4) is 0 Å². The van der Waals surface area contributed by atoms with E-state index in [0.717, 1.165) is 0 Å². The van der Waals surface area contributed by atoms with Crippen LogP contribution in [-0.2, 0) is 9.53 Å². The van der Waals surface area contributed by atoms with E-state index in [1.165, 1.54) is 6.07 Å². The van der Waals surface area contributed by atoms with E-state index in [-0.39, 0.29) is 5.56 Å². The molecular formula is C9H8BrNO4. The molecule has 0 aromatic heterocycles. The fourth-order valence-electron chi connectivity index (χ4n) is 0.913. The maximum Gasteiger partial charge on any atom is 0.341 e. The number of carboxylic acids is 1. The van der Waals surface area contributed by atoms with Gasteiger partial charge in [0, 0.05) is 5.69 Å². The smallest absolute Gasteiger partial charge is 0.341 e. The van der Waals surface area contributed by atoms with Gasteiger partial charge >= 0.3 is 11.9 Å². The number of carbonyl (C=O) groups excluding carboxylic acids is 1. The molecule has 0 atom stereocenters. The molecule has 0 saturated carbocycles. The summed E-state index contributed by atoms with van der Waals surface area (Å²) < 4.78 is 4.90. The minimum absolute atomic E-state index is 0.205. The Morgan fingerprint density at radius 1 is 1.47 bits per heavy atom. The van der Waals surface area contributed by atoms with Gasteiger partial charge in [-0.3, -0.25) is 0 Å². The number of benzene rings is 1. The molecule has 80 valence electrons. The average molecular weight is 274 g/mol. The van der Waals surface area contributed by atoms with Crippen molar-refractivity contribution in [2.45, 2.75) is 0 Å². The summed E-state index contributed by atoms with van der Waals surface area (Å²) in [6.07, 6.45) is 0. The minimum Gasteiger partial charge on any atom is -0.479 e. The summed E-state index contributed by atoms with van der Waals surface area (Å²) in [7, 11) is 0. The number of anilines is 1. The van der Waals surface area contributed by atoms with Crippen LogP contribution < -0.4 is 5.73 Å². The SMILES string of the molecule is Nc1cccc(C(=O)OCC(=O)O)c1Br. The lowest BCUT2D eigenvalue weighted by atomic mass is 10.2. The third-order valence-corrected chi connectivity index (χ3v) is 2.46. The molecule has 0 aliphatic carbocycles. The van der Waals surface area contributed by atoms with Gasteiger partial charge in [0.15, 0.2) is 6.61 Å². The predicted octanol–water partition coefficient (Wildman–Crippen LogP) is 1.27. The lowest BCUT2D eigenvalue weighted by Gasteiger charge is -2.05. The van der Waals surface area contributed by atoms with E-state index in [0.29, 0.717) is 10.2 Å². The Morgan fingerprint density at radius 2 is 2.13 bits per heavy atom. The van der Waals surface area contributed by atoms with Crippen molar-refractivity contribution in [1.29, 1.82) is 0 Å². The third kappa shape index (κ3) is 2.95. The zero-order valence-corrected chi connectivity index (χ0v) is 9.15. The lowest BCUT2D eigenvalue weighted by Crippen LogP contribution is -2.13. The fourth-order valence-corrected chi connectivity index (χ4v) is 1.34. The molecule has 5 nitrogen and oxygen atoms in total. The summed E-state index contributed by atoms with van der Waals surface area (Å²) in [4.78, 5) is 21.5. The van der Waals surface area contributed by atoms with Gasteiger partial charge in [-0.1, -0.05) is 6.07 Å². The molecule has 3 N–H and O–H groups in total. The Hall–Kier alpha value is -1.56. The van der Waals surface area contributed by atoms with Gasteiger partial charge in [-0.15, -0.1) is 0 Å². The van der Waals surface area contributed by atoms with Crippen LogP contribution in [0.5, 0.6) is 0 Å². The monoisotopic (exact) mass is 273 g/mol. The fraction of sp³-hybridized carbons (Fsp3) is 0.111. The maximum absolute atomic E-state index is 11.4. The molecule has 0 spiro atoms. The second-order valence-electron chi connectivity index (χ2n) is 2.68. The van der Waals surface area contributed by atoms with Crippen molar-refractivity contribution in [3.8, 4) is 0 Å². The number of carbonyl (C=O) groups is 2. The summed E-state index contributed by atoms with van der Waals surface area (Å²) in [6, 6.07) is 4.68. The Morgan fingerprint density at radius 3 is 2.73 bits per heavy atom. The number of nitrogen functional groups attached to an aromatic ring is 1. The largest absolute Gasteiger partial charge is 0.479 e. The van der Waals surface area contributed by atoms with Crippen LogP contribution in [0.1, 0.15) is 10.4 Å². The number of halogens is 1. The molecule has 6 heteroatoms. The van der Waals surface area contributed by atoms with Gasteiger partial charge < -0.3 is 15.6 Å². The molecule has 0 fully saturated rings. The normalized spacial score (nSPS) is 9.67. The summed E-state index contributed by atoms with van der Waals surface area (Å²) in [5.74, 6) is -1.93. The Bertz CT molecular complexity index is 405. The van der Waals surface area contributed by atoms with E-state index < -0.39 is 18.5 Å². The van der Waals surface area contributed by atoms with Crippen LogP contribution in [0.15, 0.2) is 22.7 Å². The molecule has 0 bridgehead atoms. The molecule has 0 unspecified atom stereocenters. The van der Waals surface area contributed by atoms with E-state index in [2.05, 4.69) is 20.7 Å². The van der Waals surface area contributed by atoms with Crippen LogP contribution in [0, 0.1) is 0 Å². The molecule has 0 radical (unpaired) electrons. The summed E-state index contributed by atoms with van der Waals surface area (Å²) in [5.41, 5.74) is 6.14. The molecule has 1 aromatic rings. The van der Waals surface area contributed by atoms with Crippen molar-refractivity contribution in [1.82, 2.24) is 0 Å². The Kier molecular flexibility index (Phi) is 3.68. The number of hydrogen-bond donors (Lipinski definition) is 2. The predicted molar refractivity (Wildman–Crippen MR) is 56.5 cm³/mol. The molecule has 15 heavy (non-hydrogen) atoms. The summed E-state index contributed by atoms with van der Waals surface area (Å²) >= 11 is 3.11. The second-order valence-corrected chi connectivity index (χ2v) is 3.47. The first-order valence-electron chi connectivity index (χ1n) is 3.95. The van der Waals surface area contributed by atoms with E-state index >= 15 is 0 Å². The zero-order chi connectivity index (χ0) is 11.4. The second kappa shape index (κ2) is 4.79. The first kappa shape index (κ1) is 11.5.